The van der Waals surface area contributed by atoms with Gasteiger partial charge in [0, 0.05) is 33.2 Å². The molecule has 114 valence electrons. The normalized spacial score (nSPS) is 22.6. The fraction of sp³-hybridized carbons (Fsp3) is 0.615. The van der Waals surface area contributed by atoms with Gasteiger partial charge in [-0.3, -0.25) is 4.79 Å². The van der Waals surface area contributed by atoms with Gasteiger partial charge in [0.1, 0.15) is 4.47 Å². The molecule has 2 saturated heterocycles. The Morgan fingerprint density at radius 3 is 2.90 bits per heavy atom. The molecule has 2 aliphatic rings. The van der Waals surface area contributed by atoms with Crippen molar-refractivity contribution in [3.05, 3.63) is 21.0 Å². The Hall–Kier alpha value is -1.57. The van der Waals surface area contributed by atoms with Crippen molar-refractivity contribution < 1.29 is 4.79 Å². The quantitative estimate of drug-likeness (QED) is 0.840. The maximum absolute atomic E-state index is 12.0. The number of aryl methyl sites for hydroxylation is 1. The molecule has 1 unspecified atom stereocenters. The minimum absolute atomic E-state index is 0.0167. The van der Waals surface area contributed by atoms with E-state index >= 15 is 0 Å². The first-order chi connectivity index (χ1) is 10.1. The number of anilines is 1. The maximum atomic E-state index is 12.0. The van der Waals surface area contributed by atoms with Crippen LogP contribution < -0.4 is 15.8 Å². The van der Waals surface area contributed by atoms with E-state index in [1.165, 1.54) is 4.68 Å². The number of urea groups is 1. The summed E-state index contributed by atoms with van der Waals surface area (Å²) < 4.78 is 1.84. The SMILES string of the molecule is Cn1ncc(N2CCCC(N3CCNC3=O)C2)c(Br)c1=O. The summed E-state index contributed by atoms with van der Waals surface area (Å²) in [5.74, 6) is 0. The third-order valence-corrected chi connectivity index (χ3v) is 4.87. The Morgan fingerprint density at radius 1 is 1.38 bits per heavy atom. The molecule has 0 radical (unpaired) electrons. The number of carbonyl (C=O) groups excluding carboxylic acids is 1. The Balaban J connectivity index is 1.82. The van der Waals surface area contributed by atoms with Crippen LogP contribution in [0.4, 0.5) is 10.5 Å². The minimum atomic E-state index is -0.145. The van der Waals surface area contributed by atoms with E-state index in [9.17, 15) is 9.59 Å². The molecule has 8 heteroatoms. The van der Waals surface area contributed by atoms with E-state index in [0.717, 1.165) is 38.2 Å². The lowest BCUT2D eigenvalue weighted by atomic mass is 10.0. The highest BCUT2D eigenvalue weighted by Crippen LogP contribution is 2.26. The predicted octanol–water partition coefficient (Wildman–Crippen LogP) is 0.537. The van der Waals surface area contributed by atoms with Crippen molar-refractivity contribution >= 4 is 27.6 Å². The number of hydrogen-bond donors (Lipinski definition) is 1. The Kier molecular flexibility index (Phi) is 3.88. The van der Waals surface area contributed by atoms with Crippen LogP contribution in [0, 0.1) is 0 Å². The van der Waals surface area contributed by atoms with Gasteiger partial charge in [0.25, 0.3) is 5.56 Å². The largest absolute Gasteiger partial charge is 0.367 e. The lowest BCUT2D eigenvalue weighted by Crippen LogP contribution is -2.49. The molecule has 0 bridgehead atoms. The van der Waals surface area contributed by atoms with Crippen LogP contribution >= 0.6 is 15.9 Å². The van der Waals surface area contributed by atoms with E-state index in [2.05, 4.69) is 31.2 Å². The molecule has 2 fully saturated rings. The molecule has 0 spiro atoms. The zero-order valence-electron chi connectivity index (χ0n) is 11.9. The van der Waals surface area contributed by atoms with Crippen molar-refractivity contribution in [2.75, 3.05) is 31.1 Å². The van der Waals surface area contributed by atoms with E-state index < -0.39 is 0 Å². The van der Waals surface area contributed by atoms with Gasteiger partial charge in [0.15, 0.2) is 0 Å². The van der Waals surface area contributed by atoms with E-state index in [1.807, 2.05) is 4.90 Å². The van der Waals surface area contributed by atoms with Crippen molar-refractivity contribution in [1.82, 2.24) is 20.0 Å². The third kappa shape index (κ3) is 2.64. The van der Waals surface area contributed by atoms with E-state index in [4.69, 9.17) is 0 Å². The first-order valence-electron chi connectivity index (χ1n) is 7.09. The Morgan fingerprint density at radius 2 is 2.19 bits per heavy atom. The Labute approximate surface area is 131 Å². The van der Waals surface area contributed by atoms with Gasteiger partial charge in [0.2, 0.25) is 0 Å². The molecule has 1 atom stereocenters. The number of piperidine rings is 1. The number of rotatable bonds is 2. The molecule has 1 N–H and O–H groups in total. The number of nitrogens with one attached hydrogen (secondary N) is 1. The lowest BCUT2D eigenvalue weighted by Gasteiger charge is -2.38. The van der Waals surface area contributed by atoms with Crippen LogP contribution in [0.5, 0.6) is 0 Å². The number of nitrogens with zero attached hydrogens (tertiary/aromatic N) is 4. The standard InChI is InChI=1S/C13H18BrN5O2/c1-17-12(20)11(14)10(7-16-17)18-5-2-3-9(8-18)19-6-4-15-13(19)21/h7,9H,2-6,8H2,1H3,(H,15,21). The zero-order chi connectivity index (χ0) is 15.0. The second kappa shape index (κ2) is 5.67. The van der Waals surface area contributed by atoms with Crippen LogP contribution in [-0.4, -0.2) is 52.9 Å². The summed E-state index contributed by atoms with van der Waals surface area (Å²) in [5, 5.41) is 6.93. The van der Waals surface area contributed by atoms with Gasteiger partial charge in [-0.1, -0.05) is 0 Å². The van der Waals surface area contributed by atoms with Crippen LogP contribution in [-0.2, 0) is 7.05 Å². The van der Waals surface area contributed by atoms with Crippen molar-refractivity contribution in [2.24, 2.45) is 7.05 Å². The Bertz CT molecular complexity index is 617. The van der Waals surface area contributed by atoms with Crippen LogP contribution in [0.15, 0.2) is 15.5 Å². The summed E-state index contributed by atoms with van der Waals surface area (Å²) >= 11 is 3.37. The summed E-state index contributed by atoms with van der Waals surface area (Å²) in [6, 6.07) is 0.209. The molecular formula is C13H18BrN5O2. The van der Waals surface area contributed by atoms with Crippen molar-refractivity contribution in [1.29, 1.82) is 0 Å². The number of halogens is 1. The molecule has 3 rings (SSSR count). The highest BCUT2D eigenvalue weighted by Gasteiger charge is 2.32. The maximum Gasteiger partial charge on any atom is 0.317 e. The van der Waals surface area contributed by atoms with Crippen molar-refractivity contribution in [3.63, 3.8) is 0 Å². The fourth-order valence-electron chi connectivity index (χ4n) is 2.99. The second-order valence-electron chi connectivity index (χ2n) is 5.44. The molecule has 0 aliphatic carbocycles. The number of aromatic nitrogens is 2. The highest BCUT2D eigenvalue weighted by molar-refractivity contribution is 9.10. The molecule has 21 heavy (non-hydrogen) atoms. The molecular weight excluding hydrogens is 338 g/mol. The first-order valence-corrected chi connectivity index (χ1v) is 7.88. The minimum Gasteiger partial charge on any atom is -0.367 e. The molecule has 2 amide bonds. The molecule has 2 aliphatic heterocycles. The van der Waals surface area contributed by atoms with Gasteiger partial charge < -0.3 is 15.1 Å². The summed E-state index contributed by atoms with van der Waals surface area (Å²) in [4.78, 5) is 27.8. The molecule has 1 aromatic rings. The van der Waals surface area contributed by atoms with Crippen molar-refractivity contribution in [2.45, 2.75) is 18.9 Å². The van der Waals surface area contributed by atoms with Crippen molar-refractivity contribution in [3.8, 4) is 0 Å². The van der Waals surface area contributed by atoms with Crippen LogP contribution in [0.25, 0.3) is 0 Å². The molecule has 1 aromatic heterocycles. The first kappa shape index (κ1) is 14.4. The fourth-order valence-corrected chi connectivity index (χ4v) is 3.59. The molecule has 0 saturated carbocycles. The van der Waals surface area contributed by atoms with Gasteiger partial charge in [-0.05, 0) is 28.8 Å². The smallest absolute Gasteiger partial charge is 0.317 e. The number of hydrogen-bond acceptors (Lipinski definition) is 4. The summed E-state index contributed by atoms with van der Waals surface area (Å²) in [6.45, 7) is 3.08. The van der Waals surface area contributed by atoms with Crippen LogP contribution in [0.3, 0.4) is 0 Å². The average molecular weight is 356 g/mol. The zero-order valence-corrected chi connectivity index (χ0v) is 13.5. The van der Waals surface area contributed by atoms with Gasteiger partial charge in [0.05, 0.1) is 17.9 Å². The van der Waals surface area contributed by atoms with Crippen LogP contribution in [0.1, 0.15) is 12.8 Å². The highest BCUT2D eigenvalue weighted by atomic mass is 79.9. The average Bonchev–Trinajstić information content (AvgIpc) is 2.91. The molecule has 3 heterocycles. The van der Waals surface area contributed by atoms with Gasteiger partial charge in [-0.25, -0.2) is 9.48 Å². The van der Waals surface area contributed by atoms with Gasteiger partial charge in [-0.2, -0.15) is 5.10 Å². The molecule has 0 aromatic carbocycles. The topological polar surface area (TPSA) is 70.5 Å². The summed E-state index contributed by atoms with van der Waals surface area (Å²) in [6.07, 6.45) is 3.70. The van der Waals surface area contributed by atoms with E-state index in [1.54, 1.807) is 13.2 Å². The molecule has 7 nitrogen and oxygen atoms in total. The summed E-state index contributed by atoms with van der Waals surface area (Å²) in [7, 11) is 1.63. The lowest BCUT2D eigenvalue weighted by molar-refractivity contribution is 0.189. The third-order valence-electron chi connectivity index (χ3n) is 4.13. The van der Waals surface area contributed by atoms with Gasteiger partial charge >= 0.3 is 6.03 Å². The number of amides is 2. The summed E-state index contributed by atoms with van der Waals surface area (Å²) in [5.41, 5.74) is 0.663. The van der Waals surface area contributed by atoms with E-state index in [0.29, 0.717) is 11.0 Å². The van der Waals surface area contributed by atoms with E-state index in [-0.39, 0.29) is 17.6 Å². The number of carbonyl (C=O) groups is 1. The second-order valence-corrected chi connectivity index (χ2v) is 6.23. The monoisotopic (exact) mass is 355 g/mol. The predicted molar refractivity (Wildman–Crippen MR) is 82.5 cm³/mol. The van der Waals surface area contributed by atoms with Gasteiger partial charge in [-0.15, -0.1) is 0 Å². The van der Waals surface area contributed by atoms with Crippen LogP contribution in [0.2, 0.25) is 0 Å².